The third-order valence-corrected chi connectivity index (χ3v) is 3.37. The van der Waals surface area contributed by atoms with E-state index in [0.717, 1.165) is 15.9 Å². The normalized spacial score (nSPS) is 13.3. The molecule has 1 N–H and O–H groups in total. The zero-order chi connectivity index (χ0) is 10.8. The minimum atomic E-state index is 0.199. The van der Waals surface area contributed by atoms with Gasteiger partial charge < -0.3 is 9.67 Å². The van der Waals surface area contributed by atoms with Gasteiger partial charge in [-0.15, -0.1) is 11.8 Å². The van der Waals surface area contributed by atoms with Crippen molar-refractivity contribution in [1.29, 1.82) is 0 Å². The zero-order valence-electron chi connectivity index (χ0n) is 8.84. The topological polar surface area (TPSA) is 38.1 Å². The molecule has 1 atom stereocenters. The number of thioether (sulfide) groups is 1. The lowest BCUT2D eigenvalue weighted by molar-refractivity contribution is 0.300. The fourth-order valence-corrected chi connectivity index (χ4v) is 2.32. The van der Waals surface area contributed by atoms with E-state index in [-0.39, 0.29) is 11.9 Å². The standard InChI is InChI=1S/C11H14N2OS/c1-8(6-14)15-9-3-4-11-10(5-9)12-7-13(11)2/h3-5,7-8,14H,6H2,1-2H3. The molecule has 0 aliphatic heterocycles. The molecule has 0 saturated carbocycles. The van der Waals surface area contributed by atoms with Gasteiger partial charge in [-0.2, -0.15) is 0 Å². The molecule has 0 aliphatic rings. The summed E-state index contributed by atoms with van der Waals surface area (Å²) in [5.74, 6) is 0. The van der Waals surface area contributed by atoms with E-state index in [1.165, 1.54) is 0 Å². The first-order chi connectivity index (χ1) is 7.20. The molecule has 2 rings (SSSR count). The second-order valence-electron chi connectivity index (χ2n) is 3.62. The van der Waals surface area contributed by atoms with Gasteiger partial charge in [0.1, 0.15) is 0 Å². The van der Waals surface area contributed by atoms with Gasteiger partial charge in [0.15, 0.2) is 0 Å². The van der Waals surface area contributed by atoms with Gasteiger partial charge in [0.2, 0.25) is 0 Å². The summed E-state index contributed by atoms with van der Waals surface area (Å²) >= 11 is 1.67. The quantitative estimate of drug-likeness (QED) is 0.808. The Morgan fingerprint density at radius 3 is 3.07 bits per heavy atom. The molecule has 2 aromatic rings. The van der Waals surface area contributed by atoms with Crippen molar-refractivity contribution in [3.63, 3.8) is 0 Å². The van der Waals surface area contributed by atoms with Crippen LogP contribution >= 0.6 is 11.8 Å². The number of fused-ring (bicyclic) bond motifs is 1. The summed E-state index contributed by atoms with van der Waals surface area (Å²) in [7, 11) is 1.98. The van der Waals surface area contributed by atoms with Crippen LogP contribution < -0.4 is 0 Å². The predicted molar refractivity (Wildman–Crippen MR) is 63.1 cm³/mol. The maximum absolute atomic E-state index is 8.97. The first-order valence-corrected chi connectivity index (χ1v) is 5.77. The van der Waals surface area contributed by atoms with Crippen molar-refractivity contribution in [2.45, 2.75) is 17.1 Å². The van der Waals surface area contributed by atoms with Crippen LogP contribution in [0.1, 0.15) is 6.92 Å². The number of nitrogens with zero attached hydrogens (tertiary/aromatic N) is 2. The molecule has 1 unspecified atom stereocenters. The molecular weight excluding hydrogens is 208 g/mol. The Hall–Kier alpha value is -1.00. The average Bonchev–Trinajstić information content (AvgIpc) is 2.60. The van der Waals surface area contributed by atoms with Gasteiger partial charge >= 0.3 is 0 Å². The number of rotatable bonds is 3. The van der Waals surface area contributed by atoms with Crippen molar-refractivity contribution in [3.05, 3.63) is 24.5 Å². The number of aliphatic hydroxyl groups excluding tert-OH is 1. The Kier molecular flexibility index (Phi) is 2.98. The summed E-state index contributed by atoms with van der Waals surface area (Å²) in [4.78, 5) is 5.45. The Labute approximate surface area is 93.1 Å². The molecule has 0 aliphatic carbocycles. The van der Waals surface area contributed by atoms with Crippen LogP contribution in [0.25, 0.3) is 11.0 Å². The molecule has 80 valence electrons. The van der Waals surface area contributed by atoms with E-state index >= 15 is 0 Å². The van der Waals surface area contributed by atoms with Gasteiger partial charge in [0, 0.05) is 17.2 Å². The highest BCUT2D eigenvalue weighted by Gasteiger charge is 2.05. The van der Waals surface area contributed by atoms with E-state index in [1.807, 2.05) is 24.9 Å². The third-order valence-electron chi connectivity index (χ3n) is 2.29. The molecule has 0 bridgehead atoms. The number of imidazole rings is 1. The molecule has 15 heavy (non-hydrogen) atoms. The second-order valence-corrected chi connectivity index (χ2v) is 5.13. The van der Waals surface area contributed by atoms with Crippen molar-refractivity contribution in [3.8, 4) is 0 Å². The summed E-state index contributed by atoms with van der Waals surface area (Å²) in [5, 5.41) is 9.20. The van der Waals surface area contributed by atoms with Crippen LogP contribution in [0.3, 0.4) is 0 Å². The molecule has 0 fully saturated rings. The largest absolute Gasteiger partial charge is 0.395 e. The van der Waals surface area contributed by atoms with Crippen LogP contribution in [0.5, 0.6) is 0 Å². The highest BCUT2D eigenvalue weighted by molar-refractivity contribution is 8.00. The van der Waals surface area contributed by atoms with Crippen molar-refractivity contribution in [2.24, 2.45) is 7.05 Å². The fourth-order valence-electron chi connectivity index (χ4n) is 1.46. The van der Waals surface area contributed by atoms with Crippen LogP contribution in [0.2, 0.25) is 0 Å². The SMILES string of the molecule is CC(CO)Sc1ccc2c(c1)ncn2C. The first kappa shape index (κ1) is 10.5. The van der Waals surface area contributed by atoms with Crippen molar-refractivity contribution < 1.29 is 5.11 Å². The summed E-state index contributed by atoms with van der Waals surface area (Å²) in [6, 6.07) is 6.20. The Balaban J connectivity index is 2.31. The summed E-state index contributed by atoms with van der Waals surface area (Å²) in [5.41, 5.74) is 2.14. The van der Waals surface area contributed by atoms with Gasteiger partial charge in [-0.05, 0) is 18.2 Å². The maximum Gasteiger partial charge on any atom is 0.0955 e. The Morgan fingerprint density at radius 2 is 2.33 bits per heavy atom. The second kappa shape index (κ2) is 4.24. The van der Waals surface area contributed by atoms with E-state index in [4.69, 9.17) is 5.11 Å². The molecular formula is C11H14N2OS. The van der Waals surface area contributed by atoms with Crippen LogP contribution in [-0.2, 0) is 7.05 Å². The molecule has 0 spiro atoms. The summed E-state index contributed by atoms with van der Waals surface area (Å²) in [6.07, 6.45) is 1.81. The lowest BCUT2D eigenvalue weighted by Gasteiger charge is -2.07. The van der Waals surface area contributed by atoms with Gasteiger partial charge in [-0.1, -0.05) is 6.92 Å². The maximum atomic E-state index is 8.97. The fraction of sp³-hybridized carbons (Fsp3) is 0.364. The summed E-state index contributed by atoms with van der Waals surface area (Å²) in [6.45, 7) is 2.21. The Morgan fingerprint density at radius 1 is 1.53 bits per heavy atom. The van der Waals surface area contributed by atoms with Crippen LogP contribution in [0.4, 0.5) is 0 Å². The van der Waals surface area contributed by atoms with Crippen molar-refractivity contribution in [2.75, 3.05) is 6.61 Å². The molecule has 0 saturated heterocycles. The third kappa shape index (κ3) is 2.16. The zero-order valence-corrected chi connectivity index (χ0v) is 9.66. The number of benzene rings is 1. The monoisotopic (exact) mass is 222 g/mol. The number of aryl methyl sites for hydroxylation is 1. The molecule has 0 radical (unpaired) electrons. The number of hydrogen-bond donors (Lipinski definition) is 1. The van der Waals surface area contributed by atoms with Crippen LogP contribution in [0.15, 0.2) is 29.4 Å². The highest BCUT2D eigenvalue weighted by Crippen LogP contribution is 2.25. The average molecular weight is 222 g/mol. The number of hydrogen-bond acceptors (Lipinski definition) is 3. The smallest absolute Gasteiger partial charge is 0.0955 e. The lowest BCUT2D eigenvalue weighted by Crippen LogP contribution is -2.01. The molecule has 0 amide bonds. The van der Waals surface area contributed by atoms with Crippen molar-refractivity contribution in [1.82, 2.24) is 9.55 Å². The van der Waals surface area contributed by atoms with Gasteiger partial charge in [0.05, 0.1) is 24.0 Å². The number of aliphatic hydroxyl groups is 1. The Bertz CT molecular complexity index is 467. The first-order valence-electron chi connectivity index (χ1n) is 4.89. The van der Waals surface area contributed by atoms with Gasteiger partial charge in [-0.25, -0.2) is 4.98 Å². The molecule has 4 heteroatoms. The van der Waals surface area contributed by atoms with Crippen LogP contribution in [-0.4, -0.2) is 26.5 Å². The van der Waals surface area contributed by atoms with Gasteiger partial charge in [-0.3, -0.25) is 0 Å². The summed E-state index contributed by atoms with van der Waals surface area (Å²) < 4.78 is 2.00. The minimum absolute atomic E-state index is 0.199. The van der Waals surface area contributed by atoms with E-state index in [0.29, 0.717) is 0 Å². The number of aromatic nitrogens is 2. The van der Waals surface area contributed by atoms with E-state index < -0.39 is 0 Å². The lowest BCUT2D eigenvalue weighted by atomic mass is 10.3. The molecule has 3 nitrogen and oxygen atoms in total. The highest BCUT2D eigenvalue weighted by atomic mass is 32.2. The molecule has 1 aromatic heterocycles. The van der Waals surface area contributed by atoms with E-state index in [1.54, 1.807) is 11.8 Å². The predicted octanol–water partition coefficient (Wildman–Crippen LogP) is 2.05. The van der Waals surface area contributed by atoms with Gasteiger partial charge in [0.25, 0.3) is 0 Å². The molecule has 1 heterocycles. The minimum Gasteiger partial charge on any atom is -0.395 e. The van der Waals surface area contributed by atoms with Crippen LogP contribution in [0, 0.1) is 0 Å². The van der Waals surface area contributed by atoms with E-state index in [9.17, 15) is 0 Å². The van der Waals surface area contributed by atoms with E-state index in [2.05, 4.69) is 23.2 Å². The van der Waals surface area contributed by atoms with Crippen molar-refractivity contribution >= 4 is 22.8 Å². The molecule has 1 aromatic carbocycles.